The summed E-state index contributed by atoms with van der Waals surface area (Å²) in [6.07, 6.45) is 0.775. The molecule has 6 heteroatoms. The quantitative estimate of drug-likeness (QED) is 0.849. The highest BCUT2D eigenvalue weighted by molar-refractivity contribution is 9.10. The summed E-state index contributed by atoms with van der Waals surface area (Å²) in [6, 6.07) is 5.31. The lowest BCUT2D eigenvalue weighted by molar-refractivity contribution is 0.209. The molecule has 0 aliphatic carbocycles. The standard InChI is InChI=1S/C12H14BrN3O2/c1-16-11(8(13)6-15-16)12(17)7-4-3-5-9(18-2)10(7)14/h3-6,12,17H,14H2,1-2H3. The number of aryl methyl sites for hydroxylation is 1. The topological polar surface area (TPSA) is 73.3 Å². The molecular formula is C12H14BrN3O2. The number of benzene rings is 1. The number of hydrogen-bond donors (Lipinski definition) is 2. The Bertz CT molecular complexity index is 549. The monoisotopic (exact) mass is 311 g/mol. The molecule has 0 spiro atoms. The number of aliphatic hydroxyl groups is 1. The number of nitrogen functional groups attached to an aromatic ring is 1. The average Bonchev–Trinajstić information content (AvgIpc) is 2.68. The van der Waals surface area contributed by atoms with Gasteiger partial charge in [-0.2, -0.15) is 5.10 Å². The summed E-state index contributed by atoms with van der Waals surface area (Å²) < 4.78 is 7.48. The fourth-order valence-corrected chi connectivity index (χ4v) is 2.42. The van der Waals surface area contributed by atoms with E-state index < -0.39 is 6.10 Å². The number of rotatable bonds is 3. The Labute approximate surface area is 113 Å². The van der Waals surface area contributed by atoms with Crippen molar-refractivity contribution in [1.29, 1.82) is 0 Å². The molecule has 0 saturated carbocycles. The number of aromatic nitrogens is 2. The van der Waals surface area contributed by atoms with Gasteiger partial charge in [0.2, 0.25) is 0 Å². The van der Waals surface area contributed by atoms with Crippen LogP contribution in [0.25, 0.3) is 0 Å². The summed E-state index contributed by atoms with van der Waals surface area (Å²) in [4.78, 5) is 0. The van der Waals surface area contributed by atoms with Crippen LogP contribution in [0.1, 0.15) is 17.4 Å². The second-order valence-electron chi connectivity index (χ2n) is 3.87. The summed E-state index contributed by atoms with van der Waals surface area (Å²) in [5.74, 6) is 0.546. The van der Waals surface area contributed by atoms with E-state index in [1.165, 1.54) is 0 Å². The fraction of sp³-hybridized carbons (Fsp3) is 0.250. The highest BCUT2D eigenvalue weighted by Gasteiger charge is 2.21. The van der Waals surface area contributed by atoms with Gasteiger partial charge >= 0.3 is 0 Å². The number of aliphatic hydroxyl groups excluding tert-OH is 1. The number of nitrogens with zero attached hydrogens (tertiary/aromatic N) is 2. The third-order valence-electron chi connectivity index (χ3n) is 2.81. The molecule has 18 heavy (non-hydrogen) atoms. The van der Waals surface area contributed by atoms with Crippen molar-refractivity contribution in [2.24, 2.45) is 7.05 Å². The molecule has 3 N–H and O–H groups in total. The van der Waals surface area contributed by atoms with Crippen molar-refractivity contribution in [2.75, 3.05) is 12.8 Å². The molecule has 0 radical (unpaired) electrons. The molecule has 96 valence electrons. The van der Waals surface area contributed by atoms with Crippen LogP contribution in [0.5, 0.6) is 5.75 Å². The fourth-order valence-electron chi connectivity index (χ4n) is 1.85. The number of para-hydroxylation sites is 1. The van der Waals surface area contributed by atoms with Crippen LogP contribution in [0.15, 0.2) is 28.9 Å². The second-order valence-corrected chi connectivity index (χ2v) is 4.72. The van der Waals surface area contributed by atoms with E-state index in [-0.39, 0.29) is 0 Å². The molecule has 1 aromatic heterocycles. The van der Waals surface area contributed by atoms with Gasteiger partial charge in [-0.1, -0.05) is 12.1 Å². The van der Waals surface area contributed by atoms with Crippen molar-refractivity contribution >= 4 is 21.6 Å². The molecule has 0 saturated heterocycles. The summed E-state index contributed by atoms with van der Waals surface area (Å²) in [6.45, 7) is 0. The van der Waals surface area contributed by atoms with Crippen molar-refractivity contribution in [3.05, 3.63) is 40.1 Å². The van der Waals surface area contributed by atoms with Gasteiger partial charge in [-0.3, -0.25) is 4.68 Å². The first-order chi connectivity index (χ1) is 8.56. The zero-order chi connectivity index (χ0) is 13.3. The minimum Gasteiger partial charge on any atom is -0.495 e. The number of methoxy groups -OCH3 is 1. The molecule has 1 atom stereocenters. The van der Waals surface area contributed by atoms with Gasteiger partial charge in [0.05, 0.1) is 29.2 Å². The van der Waals surface area contributed by atoms with E-state index in [0.717, 1.165) is 4.47 Å². The molecule has 2 aromatic rings. The van der Waals surface area contributed by atoms with Crippen LogP contribution >= 0.6 is 15.9 Å². The SMILES string of the molecule is COc1cccc(C(O)c2c(Br)cnn2C)c1N. The number of anilines is 1. The Kier molecular flexibility index (Phi) is 3.58. The van der Waals surface area contributed by atoms with Gasteiger partial charge in [-0.05, 0) is 22.0 Å². The van der Waals surface area contributed by atoms with Gasteiger partial charge in [-0.15, -0.1) is 0 Å². The van der Waals surface area contributed by atoms with Gasteiger partial charge < -0.3 is 15.6 Å². The normalized spacial score (nSPS) is 12.4. The third kappa shape index (κ3) is 2.09. The number of nitrogens with two attached hydrogens (primary N) is 1. The van der Waals surface area contributed by atoms with E-state index in [4.69, 9.17) is 10.5 Å². The zero-order valence-electron chi connectivity index (χ0n) is 10.1. The Morgan fingerprint density at radius 3 is 2.78 bits per heavy atom. The van der Waals surface area contributed by atoms with Gasteiger partial charge in [0.1, 0.15) is 11.9 Å². The summed E-state index contributed by atoms with van der Waals surface area (Å²) in [5, 5.41) is 14.5. The van der Waals surface area contributed by atoms with Crippen LogP contribution in [-0.2, 0) is 7.05 Å². The minimum absolute atomic E-state index is 0.431. The van der Waals surface area contributed by atoms with Crippen molar-refractivity contribution in [3.63, 3.8) is 0 Å². The molecule has 0 aliphatic heterocycles. The first-order valence-corrected chi connectivity index (χ1v) is 6.13. The predicted molar refractivity (Wildman–Crippen MR) is 72.4 cm³/mol. The van der Waals surface area contributed by atoms with Crippen LogP contribution in [0.4, 0.5) is 5.69 Å². The van der Waals surface area contributed by atoms with Gasteiger partial charge in [0.25, 0.3) is 0 Å². The van der Waals surface area contributed by atoms with Crippen LogP contribution < -0.4 is 10.5 Å². The Morgan fingerprint density at radius 1 is 1.50 bits per heavy atom. The molecular weight excluding hydrogens is 298 g/mol. The summed E-state index contributed by atoms with van der Waals surface area (Å²) in [5.41, 5.74) is 7.65. The lowest BCUT2D eigenvalue weighted by Crippen LogP contribution is -2.10. The number of halogens is 1. The third-order valence-corrected chi connectivity index (χ3v) is 3.42. The van der Waals surface area contributed by atoms with Crippen molar-refractivity contribution in [2.45, 2.75) is 6.10 Å². The molecule has 5 nitrogen and oxygen atoms in total. The van der Waals surface area contributed by atoms with Crippen LogP contribution in [0.2, 0.25) is 0 Å². The molecule has 1 heterocycles. The Balaban J connectivity index is 2.50. The molecule has 0 bridgehead atoms. The van der Waals surface area contributed by atoms with Crippen LogP contribution in [0.3, 0.4) is 0 Å². The Hall–Kier alpha value is -1.53. The second kappa shape index (κ2) is 4.99. The van der Waals surface area contributed by atoms with E-state index in [2.05, 4.69) is 21.0 Å². The molecule has 2 rings (SSSR count). The first kappa shape index (κ1) is 12.9. The molecule has 1 unspecified atom stereocenters. The molecule has 0 fully saturated rings. The van der Waals surface area contributed by atoms with E-state index >= 15 is 0 Å². The van der Waals surface area contributed by atoms with Gasteiger partial charge in [0, 0.05) is 12.6 Å². The van der Waals surface area contributed by atoms with Crippen LogP contribution in [-0.4, -0.2) is 22.0 Å². The van der Waals surface area contributed by atoms with Gasteiger partial charge in [-0.25, -0.2) is 0 Å². The smallest absolute Gasteiger partial charge is 0.142 e. The highest BCUT2D eigenvalue weighted by Crippen LogP contribution is 2.34. The summed E-state index contributed by atoms with van der Waals surface area (Å²) in [7, 11) is 3.31. The molecule has 1 aromatic carbocycles. The van der Waals surface area contributed by atoms with Gasteiger partial charge in [0.15, 0.2) is 0 Å². The Morgan fingerprint density at radius 2 is 2.22 bits per heavy atom. The van der Waals surface area contributed by atoms with Crippen molar-refractivity contribution in [1.82, 2.24) is 9.78 Å². The first-order valence-electron chi connectivity index (χ1n) is 5.34. The zero-order valence-corrected chi connectivity index (χ0v) is 11.7. The maximum atomic E-state index is 10.4. The average molecular weight is 312 g/mol. The number of ether oxygens (including phenoxy) is 1. The lowest BCUT2D eigenvalue weighted by atomic mass is 10.0. The largest absolute Gasteiger partial charge is 0.495 e. The van der Waals surface area contributed by atoms with E-state index in [1.54, 1.807) is 43.2 Å². The van der Waals surface area contributed by atoms with E-state index in [9.17, 15) is 5.11 Å². The van der Waals surface area contributed by atoms with Crippen molar-refractivity contribution in [3.8, 4) is 5.75 Å². The lowest BCUT2D eigenvalue weighted by Gasteiger charge is -2.16. The maximum Gasteiger partial charge on any atom is 0.142 e. The summed E-state index contributed by atoms with van der Waals surface area (Å²) >= 11 is 3.36. The highest BCUT2D eigenvalue weighted by atomic mass is 79.9. The number of hydrogen-bond acceptors (Lipinski definition) is 4. The molecule has 0 aliphatic rings. The maximum absolute atomic E-state index is 10.4. The van der Waals surface area contributed by atoms with Crippen LogP contribution in [0, 0.1) is 0 Å². The van der Waals surface area contributed by atoms with Crippen molar-refractivity contribution < 1.29 is 9.84 Å². The van der Waals surface area contributed by atoms with E-state index in [1.807, 2.05) is 0 Å². The minimum atomic E-state index is -0.859. The van der Waals surface area contributed by atoms with E-state index in [0.29, 0.717) is 22.7 Å². The molecule has 0 amide bonds. The predicted octanol–water partition coefficient (Wildman–Crippen LogP) is 1.86.